The molecule has 0 radical (unpaired) electrons. The Morgan fingerprint density at radius 2 is 2.00 bits per heavy atom. The van der Waals surface area contributed by atoms with Crippen LogP contribution >= 0.6 is 0 Å². The molecule has 5 nitrogen and oxygen atoms in total. The summed E-state index contributed by atoms with van der Waals surface area (Å²) in [6, 6.07) is 12.9. The van der Waals surface area contributed by atoms with E-state index in [-0.39, 0.29) is 17.3 Å². The predicted molar refractivity (Wildman–Crippen MR) is 122 cm³/mol. The normalized spacial score (nSPS) is 27.2. The lowest BCUT2D eigenvalue weighted by Crippen LogP contribution is -2.66. The summed E-state index contributed by atoms with van der Waals surface area (Å²) in [5, 5.41) is 0. The van der Waals surface area contributed by atoms with Crippen molar-refractivity contribution in [1.29, 1.82) is 0 Å². The molecule has 5 rings (SSSR count). The first kappa shape index (κ1) is 20.5. The van der Waals surface area contributed by atoms with Crippen molar-refractivity contribution in [3.8, 4) is 0 Å². The van der Waals surface area contributed by atoms with Gasteiger partial charge in [-0.25, -0.2) is 4.39 Å². The molecule has 0 bridgehead atoms. The number of rotatable bonds is 5. The second kappa shape index (κ2) is 7.61. The molecule has 0 aliphatic carbocycles. The molecular weight excluding hydrogens is 391 g/mol. The first-order chi connectivity index (χ1) is 14.8. The molecule has 0 spiro atoms. The van der Waals surface area contributed by atoms with Crippen LogP contribution in [-0.2, 0) is 0 Å². The highest BCUT2D eigenvalue weighted by molar-refractivity contribution is 5.96. The summed E-state index contributed by atoms with van der Waals surface area (Å²) < 4.78 is 13.1. The monoisotopic (exact) mass is 422 g/mol. The molecule has 3 heterocycles. The SMILES string of the molecule is CN1C[C@@](C)(N)N2c3c(cccc31)C1CN(CCCC(=O)c3ccc(F)cc3)CCC12. The van der Waals surface area contributed by atoms with Crippen molar-refractivity contribution in [2.45, 2.75) is 43.8 Å². The molecule has 1 fully saturated rings. The number of fused-ring (bicyclic) bond motifs is 3. The standard InChI is InChI=1S/C25H31FN4O/c1-25(27)16-28(2)22-6-3-5-19-20-15-29(14-12-21(20)30(25)24(19)22)13-4-7-23(31)17-8-10-18(26)11-9-17/h3,5-6,8-11,20-21H,4,7,12-16,27H2,1-2H3/t20?,21?,25-/m0/s1. The highest BCUT2D eigenvalue weighted by atomic mass is 19.1. The van der Waals surface area contributed by atoms with Gasteiger partial charge >= 0.3 is 0 Å². The quantitative estimate of drug-likeness (QED) is 0.747. The number of Topliss-reactive ketones (excluding diaryl/α,β-unsaturated/α-hetero) is 1. The lowest BCUT2D eigenvalue weighted by Gasteiger charge is -2.50. The van der Waals surface area contributed by atoms with E-state index in [9.17, 15) is 9.18 Å². The Kier molecular flexibility index (Phi) is 5.02. The van der Waals surface area contributed by atoms with Crippen LogP contribution in [0.5, 0.6) is 0 Å². The number of benzene rings is 2. The molecule has 2 N–H and O–H groups in total. The molecule has 0 amide bonds. The largest absolute Gasteiger partial charge is 0.369 e. The molecule has 3 aliphatic rings. The van der Waals surface area contributed by atoms with E-state index < -0.39 is 0 Å². The maximum absolute atomic E-state index is 13.1. The Morgan fingerprint density at radius 1 is 1.23 bits per heavy atom. The number of ketones is 1. The summed E-state index contributed by atoms with van der Waals surface area (Å²) in [4.78, 5) is 19.7. The highest BCUT2D eigenvalue weighted by Crippen LogP contribution is 2.53. The zero-order chi connectivity index (χ0) is 21.8. The van der Waals surface area contributed by atoms with Gasteiger partial charge in [-0.2, -0.15) is 0 Å². The number of carbonyl (C=O) groups excluding carboxylic acids is 1. The maximum atomic E-state index is 13.1. The van der Waals surface area contributed by atoms with Crippen LogP contribution in [0.2, 0.25) is 0 Å². The van der Waals surface area contributed by atoms with Crippen molar-refractivity contribution in [3.05, 3.63) is 59.4 Å². The van der Waals surface area contributed by atoms with Crippen molar-refractivity contribution < 1.29 is 9.18 Å². The molecule has 2 aromatic carbocycles. The molecule has 2 unspecified atom stereocenters. The van der Waals surface area contributed by atoms with E-state index in [1.165, 1.54) is 29.1 Å². The third kappa shape index (κ3) is 3.52. The third-order valence-corrected chi connectivity index (χ3v) is 7.24. The Labute approximate surface area is 183 Å². The number of hydrogen-bond acceptors (Lipinski definition) is 5. The summed E-state index contributed by atoms with van der Waals surface area (Å²) in [6.45, 7) is 5.91. The Hall–Kier alpha value is -2.44. The third-order valence-electron chi connectivity index (χ3n) is 7.24. The smallest absolute Gasteiger partial charge is 0.162 e. The van der Waals surface area contributed by atoms with Crippen LogP contribution in [0.25, 0.3) is 0 Å². The number of para-hydroxylation sites is 1. The van der Waals surface area contributed by atoms with Crippen LogP contribution in [0.3, 0.4) is 0 Å². The minimum atomic E-state index is -0.374. The zero-order valence-corrected chi connectivity index (χ0v) is 18.4. The number of anilines is 2. The summed E-state index contributed by atoms with van der Waals surface area (Å²) >= 11 is 0. The van der Waals surface area contributed by atoms with Gasteiger partial charge in [0.05, 0.1) is 17.9 Å². The fraction of sp³-hybridized carbons (Fsp3) is 0.480. The van der Waals surface area contributed by atoms with E-state index in [1.54, 1.807) is 12.1 Å². The Balaban J connectivity index is 1.26. The van der Waals surface area contributed by atoms with Crippen molar-refractivity contribution in [3.63, 3.8) is 0 Å². The van der Waals surface area contributed by atoms with E-state index in [4.69, 9.17) is 5.73 Å². The van der Waals surface area contributed by atoms with Crippen molar-refractivity contribution in [2.24, 2.45) is 5.73 Å². The summed E-state index contributed by atoms with van der Waals surface area (Å²) in [7, 11) is 2.13. The molecular formula is C25H31FN4O. The van der Waals surface area contributed by atoms with Gasteiger partial charge in [0.1, 0.15) is 11.5 Å². The number of nitrogens with two attached hydrogens (primary N) is 1. The van der Waals surface area contributed by atoms with Crippen LogP contribution in [-0.4, -0.2) is 55.6 Å². The molecule has 3 aliphatic heterocycles. The van der Waals surface area contributed by atoms with E-state index in [0.717, 1.165) is 39.0 Å². The topological polar surface area (TPSA) is 52.8 Å². The van der Waals surface area contributed by atoms with Gasteiger partial charge in [0.2, 0.25) is 0 Å². The predicted octanol–water partition coefficient (Wildman–Crippen LogP) is 3.59. The average Bonchev–Trinajstić information content (AvgIpc) is 3.08. The fourth-order valence-electron chi connectivity index (χ4n) is 5.93. The summed E-state index contributed by atoms with van der Waals surface area (Å²) in [6.07, 6.45) is 2.40. The summed E-state index contributed by atoms with van der Waals surface area (Å²) in [5.41, 5.74) is 11.0. The zero-order valence-electron chi connectivity index (χ0n) is 18.4. The van der Waals surface area contributed by atoms with Crippen molar-refractivity contribution in [1.82, 2.24) is 4.90 Å². The molecule has 6 heteroatoms. The fourth-order valence-corrected chi connectivity index (χ4v) is 5.93. The number of halogens is 1. The van der Waals surface area contributed by atoms with E-state index in [0.29, 0.717) is 23.9 Å². The summed E-state index contributed by atoms with van der Waals surface area (Å²) in [5.74, 6) is 0.229. The second-order valence-corrected chi connectivity index (χ2v) is 9.59. The molecule has 164 valence electrons. The van der Waals surface area contributed by atoms with E-state index >= 15 is 0 Å². The van der Waals surface area contributed by atoms with Gasteiger partial charge in [-0.1, -0.05) is 12.1 Å². The van der Waals surface area contributed by atoms with Gasteiger partial charge in [-0.3, -0.25) is 4.79 Å². The van der Waals surface area contributed by atoms with Crippen LogP contribution < -0.4 is 15.5 Å². The van der Waals surface area contributed by atoms with Gasteiger partial charge in [0.15, 0.2) is 5.78 Å². The molecule has 0 saturated carbocycles. The van der Waals surface area contributed by atoms with Crippen LogP contribution in [0.4, 0.5) is 15.8 Å². The van der Waals surface area contributed by atoms with E-state index in [2.05, 4.69) is 46.9 Å². The molecule has 3 atom stereocenters. The lowest BCUT2D eigenvalue weighted by atomic mass is 9.88. The Morgan fingerprint density at radius 3 is 2.77 bits per heavy atom. The number of piperidine rings is 1. The minimum absolute atomic E-state index is 0.0877. The number of likely N-dealkylation sites (tertiary alicyclic amines) is 1. The van der Waals surface area contributed by atoms with Gasteiger partial charge in [-0.15, -0.1) is 0 Å². The Bertz CT molecular complexity index is 990. The average molecular weight is 423 g/mol. The van der Waals surface area contributed by atoms with Crippen molar-refractivity contribution >= 4 is 17.2 Å². The first-order valence-corrected chi connectivity index (χ1v) is 11.3. The van der Waals surface area contributed by atoms with Gasteiger partial charge in [0.25, 0.3) is 0 Å². The first-order valence-electron chi connectivity index (χ1n) is 11.3. The number of carbonyl (C=O) groups is 1. The van der Waals surface area contributed by atoms with Gasteiger partial charge in [0, 0.05) is 44.1 Å². The van der Waals surface area contributed by atoms with Gasteiger partial charge in [-0.05, 0) is 62.2 Å². The van der Waals surface area contributed by atoms with Crippen molar-refractivity contribution in [2.75, 3.05) is 43.0 Å². The number of nitrogens with zero attached hydrogens (tertiary/aromatic N) is 3. The molecule has 2 aromatic rings. The minimum Gasteiger partial charge on any atom is -0.369 e. The molecule has 1 saturated heterocycles. The molecule has 31 heavy (non-hydrogen) atoms. The molecule has 0 aromatic heterocycles. The van der Waals surface area contributed by atoms with Crippen LogP contribution in [0, 0.1) is 5.82 Å². The van der Waals surface area contributed by atoms with Crippen LogP contribution in [0.15, 0.2) is 42.5 Å². The lowest BCUT2D eigenvalue weighted by molar-refractivity contribution is 0.0970. The van der Waals surface area contributed by atoms with Gasteiger partial charge < -0.3 is 20.4 Å². The second-order valence-electron chi connectivity index (χ2n) is 9.59. The van der Waals surface area contributed by atoms with E-state index in [1.807, 2.05) is 0 Å². The maximum Gasteiger partial charge on any atom is 0.162 e. The number of hydrogen-bond donors (Lipinski definition) is 1. The highest BCUT2D eigenvalue weighted by Gasteiger charge is 2.50. The van der Waals surface area contributed by atoms with Crippen LogP contribution in [0.1, 0.15) is 48.0 Å². The number of likely N-dealkylation sites (N-methyl/N-ethyl adjacent to an activating group) is 1.